The Bertz CT molecular complexity index is 1260. The predicted molar refractivity (Wildman–Crippen MR) is 124 cm³/mol. The van der Waals surface area contributed by atoms with Gasteiger partial charge in [0, 0.05) is 42.4 Å². The van der Waals surface area contributed by atoms with Crippen LogP contribution in [0.15, 0.2) is 67.0 Å². The molecule has 1 aliphatic heterocycles. The van der Waals surface area contributed by atoms with Gasteiger partial charge in [0.2, 0.25) is 5.95 Å². The van der Waals surface area contributed by atoms with Gasteiger partial charge in [-0.1, -0.05) is 0 Å². The number of carbonyl (C=O) groups excluding carboxylic acids is 1. The van der Waals surface area contributed by atoms with E-state index in [0.717, 1.165) is 5.56 Å². The highest BCUT2D eigenvalue weighted by atomic mass is 19.1. The third-order valence-corrected chi connectivity index (χ3v) is 5.12. The zero-order chi connectivity index (χ0) is 23.3. The summed E-state index contributed by atoms with van der Waals surface area (Å²) in [5, 5.41) is 9.64. The van der Waals surface area contributed by atoms with Gasteiger partial charge in [-0.15, -0.1) is 0 Å². The van der Waals surface area contributed by atoms with Crippen LogP contribution in [0.1, 0.15) is 0 Å². The van der Waals surface area contributed by atoms with Gasteiger partial charge in [-0.3, -0.25) is 0 Å². The first-order valence-corrected chi connectivity index (χ1v) is 10.7. The number of nitrogens with one attached hydrogen (secondary N) is 2. The number of rotatable bonds is 5. The predicted octanol–water partition coefficient (Wildman–Crippen LogP) is 3.34. The molecule has 1 saturated heterocycles. The van der Waals surface area contributed by atoms with Crippen LogP contribution in [0, 0.1) is 5.82 Å². The molecule has 0 saturated carbocycles. The summed E-state index contributed by atoms with van der Waals surface area (Å²) in [5.74, 6) is 1.09. The molecule has 34 heavy (non-hydrogen) atoms. The van der Waals surface area contributed by atoms with Gasteiger partial charge in [0.15, 0.2) is 5.82 Å². The molecule has 11 heteroatoms. The normalized spacial score (nSPS) is 13.5. The van der Waals surface area contributed by atoms with Crippen molar-refractivity contribution < 1.29 is 13.9 Å². The molecule has 2 aromatic carbocycles. The molecule has 0 atom stereocenters. The van der Waals surface area contributed by atoms with Crippen LogP contribution in [0.5, 0.6) is 0 Å². The second-order valence-electron chi connectivity index (χ2n) is 7.47. The Morgan fingerprint density at radius 2 is 1.53 bits per heavy atom. The Balaban J connectivity index is 1.36. The van der Waals surface area contributed by atoms with E-state index in [2.05, 4.69) is 35.6 Å². The molecule has 0 bridgehead atoms. The second-order valence-corrected chi connectivity index (χ2v) is 7.47. The molecule has 0 unspecified atom stereocenters. The minimum atomic E-state index is -0.435. The fourth-order valence-electron chi connectivity index (χ4n) is 3.41. The summed E-state index contributed by atoms with van der Waals surface area (Å²) in [6.07, 6.45) is 3.43. The van der Waals surface area contributed by atoms with Crippen molar-refractivity contribution in [1.29, 1.82) is 0 Å². The van der Waals surface area contributed by atoms with Crippen LogP contribution < -0.4 is 15.5 Å². The molecule has 0 aliphatic carbocycles. The maximum atomic E-state index is 13.0. The molecule has 2 aromatic heterocycles. The number of carbonyl (C=O) groups is 1. The van der Waals surface area contributed by atoms with E-state index in [4.69, 9.17) is 4.74 Å². The average Bonchev–Trinajstić information content (AvgIpc) is 3.41. The highest BCUT2D eigenvalue weighted by Gasteiger charge is 2.18. The summed E-state index contributed by atoms with van der Waals surface area (Å²) < 4.78 is 20.1. The van der Waals surface area contributed by atoms with E-state index in [1.807, 2.05) is 12.1 Å². The molecule has 1 aliphatic rings. The van der Waals surface area contributed by atoms with Crippen molar-refractivity contribution >= 4 is 23.4 Å². The molecule has 2 N–H and O–H groups in total. The van der Waals surface area contributed by atoms with Gasteiger partial charge in [0.05, 0.1) is 13.2 Å². The zero-order valence-electron chi connectivity index (χ0n) is 18.1. The summed E-state index contributed by atoms with van der Waals surface area (Å²) in [5.41, 5.74) is 1.83. The van der Waals surface area contributed by atoms with Crippen molar-refractivity contribution in [3.05, 3.63) is 72.8 Å². The number of hydrogen-bond donors (Lipinski definition) is 2. The molecule has 2 amide bonds. The van der Waals surface area contributed by atoms with Gasteiger partial charge in [-0.05, 0) is 54.6 Å². The van der Waals surface area contributed by atoms with E-state index < -0.39 is 6.03 Å². The van der Waals surface area contributed by atoms with Gasteiger partial charge in [-0.25, -0.2) is 13.9 Å². The van der Waals surface area contributed by atoms with Crippen LogP contribution in [0.3, 0.4) is 0 Å². The van der Waals surface area contributed by atoms with Crippen molar-refractivity contribution in [2.75, 3.05) is 41.8 Å². The fourth-order valence-corrected chi connectivity index (χ4v) is 3.41. The molecule has 0 radical (unpaired) electrons. The number of morpholine rings is 1. The number of halogens is 1. The van der Waals surface area contributed by atoms with Crippen LogP contribution in [0.4, 0.5) is 26.5 Å². The number of anilines is 3. The first-order valence-electron chi connectivity index (χ1n) is 10.7. The van der Waals surface area contributed by atoms with Gasteiger partial charge < -0.3 is 20.3 Å². The van der Waals surface area contributed by atoms with E-state index >= 15 is 0 Å². The lowest BCUT2D eigenvalue weighted by Crippen LogP contribution is -2.37. The van der Waals surface area contributed by atoms with E-state index in [-0.39, 0.29) is 5.82 Å². The van der Waals surface area contributed by atoms with E-state index in [9.17, 15) is 9.18 Å². The van der Waals surface area contributed by atoms with E-state index in [0.29, 0.717) is 55.4 Å². The number of aromatic nitrogens is 5. The van der Waals surface area contributed by atoms with Crippen LogP contribution in [-0.2, 0) is 4.74 Å². The van der Waals surface area contributed by atoms with Crippen LogP contribution in [-0.4, -0.2) is 57.1 Å². The summed E-state index contributed by atoms with van der Waals surface area (Å²) in [7, 11) is 0. The lowest BCUT2D eigenvalue weighted by Gasteiger charge is -2.27. The third-order valence-electron chi connectivity index (χ3n) is 5.12. The number of ether oxygens (including phenoxy) is 1. The minimum Gasteiger partial charge on any atom is -0.378 e. The van der Waals surface area contributed by atoms with Crippen molar-refractivity contribution in [1.82, 2.24) is 24.7 Å². The van der Waals surface area contributed by atoms with Gasteiger partial charge in [-0.2, -0.15) is 20.1 Å². The summed E-state index contributed by atoms with van der Waals surface area (Å²) in [6, 6.07) is 14.0. The smallest absolute Gasteiger partial charge is 0.323 e. The SMILES string of the molecule is O=C(Nc1ccc(F)cc1)Nc1ccc(-c2nc(N3CCOCC3)nc(-n3cccn3)n2)cc1. The van der Waals surface area contributed by atoms with Crippen molar-refractivity contribution in [2.24, 2.45) is 0 Å². The van der Waals surface area contributed by atoms with Crippen molar-refractivity contribution in [3.63, 3.8) is 0 Å². The first kappa shape index (κ1) is 21.5. The molecule has 10 nitrogen and oxygen atoms in total. The van der Waals surface area contributed by atoms with E-state index in [1.54, 1.807) is 35.3 Å². The number of nitrogens with zero attached hydrogens (tertiary/aromatic N) is 6. The molecule has 5 rings (SSSR count). The Hall–Kier alpha value is -4.38. The minimum absolute atomic E-state index is 0.368. The highest BCUT2D eigenvalue weighted by molar-refractivity contribution is 5.99. The number of urea groups is 1. The van der Waals surface area contributed by atoms with Gasteiger partial charge >= 0.3 is 6.03 Å². The Kier molecular flexibility index (Phi) is 6.08. The maximum Gasteiger partial charge on any atom is 0.323 e. The first-order chi connectivity index (χ1) is 16.6. The van der Waals surface area contributed by atoms with Crippen LogP contribution in [0.25, 0.3) is 17.3 Å². The van der Waals surface area contributed by atoms with Crippen LogP contribution in [0.2, 0.25) is 0 Å². The monoisotopic (exact) mass is 460 g/mol. The largest absolute Gasteiger partial charge is 0.378 e. The molecule has 0 spiro atoms. The van der Waals surface area contributed by atoms with E-state index in [1.165, 1.54) is 24.3 Å². The molecule has 3 heterocycles. The quantitative estimate of drug-likeness (QED) is 0.470. The third kappa shape index (κ3) is 4.99. The summed E-state index contributed by atoms with van der Waals surface area (Å²) in [6.45, 7) is 2.60. The molecular weight excluding hydrogens is 439 g/mol. The topological polar surface area (TPSA) is 110 Å². The molecular formula is C23H21FN8O2. The van der Waals surface area contributed by atoms with Crippen molar-refractivity contribution in [2.45, 2.75) is 0 Å². The number of hydrogen-bond acceptors (Lipinski definition) is 7. The summed E-state index contributed by atoms with van der Waals surface area (Å²) >= 11 is 0. The average molecular weight is 460 g/mol. The standard InChI is InChI=1S/C23H21FN8O2/c24-17-4-8-19(9-5-17)27-23(33)26-18-6-2-16(3-7-18)20-28-21(31-12-14-34-15-13-31)30-22(29-20)32-11-1-10-25-32/h1-11H,12-15H2,(H2,26,27,33). The maximum absolute atomic E-state index is 13.0. The second kappa shape index (κ2) is 9.63. The lowest BCUT2D eigenvalue weighted by atomic mass is 10.2. The highest BCUT2D eigenvalue weighted by Crippen LogP contribution is 2.22. The number of amides is 2. The van der Waals surface area contributed by atoms with Crippen LogP contribution >= 0.6 is 0 Å². The number of benzene rings is 2. The Morgan fingerprint density at radius 1 is 0.882 bits per heavy atom. The molecule has 4 aromatic rings. The molecule has 1 fully saturated rings. The molecule has 172 valence electrons. The lowest BCUT2D eigenvalue weighted by molar-refractivity contribution is 0.122. The fraction of sp³-hybridized carbons (Fsp3) is 0.174. The van der Waals surface area contributed by atoms with Gasteiger partial charge in [0.25, 0.3) is 5.95 Å². The van der Waals surface area contributed by atoms with Gasteiger partial charge in [0.1, 0.15) is 5.82 Å². The Labute approximate surface area is 194 Å². The Morgan fingerprint density at radius 3 is 2.18 bits per heavy atom. The summed E-state index contributed by atoms with van der Waals surface area (Å²) in [4.78, 5) is 28.1. The zero-order valence-corrected chi connectivity index (χ0v) is 18.1. The van der Waals surface area contributed by atoms with Crippen molar-refractivity contribution in [3.8, 4) is 17.3 Å².